The Kier molecular flexibility index (Phi) is 6.35. The lowest BCUT2D eigenvalue weighted by Gasteiger charge is -2.13. The summed E-state index contributed by atoms with van der Waals surface area (Å²) < 4.78 is 21.0. The summed E-state index contributed by atoms with van der Waals surface area (Å²) in [5, 5.41) is 4.04. The van der Waals surface area contributed by atoms with Gasteiger partial charge in [-0.15, -0.1) is 0 Å². The van der Waals surface area contributed by atoms with Crippen LogP contribution in [0.25, 0.3) is 0 Å². The lowest BCUT2D eigenvalue weighted by molar-refractivity contribution is -0.163. The first kappa shape index (κ1) is 16.9. The van der Waals surface area contributed by atoms with Crippen LogP contribution in [0.15, 0.2) is 16.8 Å². The van der Waals surface area contributed by atoms with Gasteiger partial charge in [-0.3, -0.25) is 0 Å². The van der Waals surface area contributed by atoms with Gasteiger partial charge in [0.2, 0.25) is 0 Å². The van der Waals surface area contributed by atoms with Gasteiger partial charge in [-0.05, 0) is 42.7 Å². The summed E-state index contributed by atoms with van der Waals surface area (Å²) in [7, 11) is 0. The Labute approximate surface area is 133 Å². The molecule has 0 N–H and O–H groups in total. The van der Waals surface area contributed by atoms with Crippen molar-refractivity contribution in [3.05, 3.63) is 22.4 Å². The average Bonchev–Trinajstić information content (AvgIpc) is 3.15. The van der Waals surface area contributed by atoms with E-state index in [1.54, 1.807) is 25.2 Å². The zero-order valence-corrected chi connectivity index (χ0v) is 13.5. The van der Waals surface area contributed by atoms with Crippen LogP contribution in [0, 0.1) is 0 Å². The second kappa shape index (κ2) is 8.26. The molecule has 0 spiro atoms. The summed E-state index contributed by atoms with van der Waals surface area (Å²) >= 11 is 1.62. The third kappa shape index (κ3) is 4.28. The number of rotatable bonds is 7. The van der Waals surface area contributed by atoms with Gasteiger partial charge in [0.15, 0.2) is 18.5 Å². The standard InChI is InChI=1S/C15H20O6S/c1-3-18-14(16)12-13(15(17)19-4-2)21-11(20-12)6-5-10-7-8-22-9-10/h7-9,11-13H,3-6H2,1-2H3/t12-,13-/m1/s1. The highest BCUT2D eigenvalue weighted by Gasteiger charge is 2.46. The van der Waals surface area contributed by atoms with Crippen molar-refractivity contribution < 1.29 is 28.5 Å². The molecule has 1 aromatic rings. The van der Waals surface area contributed by atoms with Crippen molar-refractivity contribution in [2.75, 3.05) is 13.2 Å². The smallest absolute Gasteiger partial charge is 0.338 e. The summed E-state index contributed by atoms with van der Waals surface area (Å²) in [6.45, 7) is 3.82. The predicted molar refractivity (Wildman–Crippen MR) is 79.4 cm³/mol. The van der Waals surface area contributed by atoms with Gasteiger partial charge in [0.1, 0.15) is 0 Å². The molecule has 0 amide bonds. The third-order valence-corrected chi connectivity index (χ3v) is 3.89. The Balaban J connectivity index is 1.96. The van der Waals surface area contributed by atoms with Gasteiger partial charge in [-0.2, -0.15) is 11.3 Å². The molecule has 1 saturated heterocycles. The van der Waals surface area contributed by atoms with Crippen LogP contribution in [0.5, 0.6) is 0 Å². The quantitative estimate of drug-likeness (QED) is 0.712. The second-order valence-corrected chi connectivity index (χ2v) is 5.50. The van der Waals surface area contributed by atoms with E-state index in [-0.39, 0.29) is 13.2 Å². The van der Waals surface area contributed by atoms with Crippen LogP contribution in [0.1, 0.15) is 25.8 Å². The highest BCUT2D eigenvalue weighted by Crippen LogP contribution is 2.25. The van der Waals surface area contributed by atoms with Crippen LogP contribution >= 0.6 is 11.3 Å². The second-order valence-electron chi connectivity index (χ2n) is 4.72. The highest BCUT2D eigenvalue weighted by molar-refractivity contribution is 7.07. The summed E-state index contributed by atoms with van der Waals surface area (Å²) in [5.74, 6) is -1.20. The number of hydrogen-bond acceptors (Lipinski definition) is 7. The van der Waals surface area contributed by atoms with Crippen molar-refractivity contribution in [2.45, 2.75) is 45.2 Å². The molecule has 0 saturated carbocycles. The van der Waals surface area contributed by atoms with E-state index in [0.717, 1.165) is 6.42 Å². The Morgan fingerprint density at radius 3 is 2.18 bits per heavy atom. The number of hydrogen-bond donors (Lipinski definition) is 0. The summed E-state index contributed by atoms with van der Waals surface area (Å²) in [6.07, 6.45) is -1.44. The van der Waals surface area contributed by atoms with E-state index in [4.69, 9.17) is 18.9 Å². The van der Waals surface area contributed by atoms with E-state index < -0.39 is 30.4 Å². The molecule has 0 aliphatic carbocycles. The number of aryl methyl sites for hydroxylation is 1. The van der Waals surface area contributed by atoms with Crippen LogP contribution in [0.2, 0.25) is 0 Å². The van der Waals surface area contributed by atoms with Crippen LogP contribution in [-0.2, 0) is 35.0 Å². The molecule has 7 heteroatoms. The zero-order chi connectivity index (χ0) is 15.9. The van der Waals surface area contributed by atoms with Crippen molar-refractivity contribution >= 4 is 23.3 Å². The Hall–Kier alpha value is -1.44. The molecular formula is C15H20O6S. The number of ether oxygens (including phenoxy) is 4. The molecular weight excluding hydrogens is 308 g/mol. The minimum Gasteiger partial charge on any atom is -0.464 e. The third-order valence-electron chi connectivity index (χ3n) is 3.16. The first-order chi connectivity index (χ1) is 10.7. The average molecular weight is 328 g/mol. The SMILES string of the molecule is CCOC(=O)[C@@H]1OC(CCc2ccsc2)O[C@H]1C(=O)OCC. The number of carbonyl (C=O) groups excluding carboxylic acids is 2. The van der Waals surface area contributed by atoms with E-state index >= 15 is 0 Å². The van der Waals surface area contributed by atoms with Gasteiger partial charge >= 0.3 is 11.9 Å². The first-order valence-corrected chi connectivity index (χ1v) is 8.25. The Morgan fingerprint density at radius 2 is 1.73 bits per heavy atom. The van der Waals surface area contributed by atoms with Gasteiger partial charge in [0.05, 0.1) is 13.2 Å². The molecule has 2 heterocycles. The number of thiophene rings is 1. The molecule has 6 nitrogen and oxygen atoms in total. The maximum absolute atomic E-state index is 11.9. The molecule has 1 fully saturated rings. The lowest BCUT2D eigenvalue weighted by Crippen LogP contribution is -2.39. The summed E-state index contributed by atoms with van der Waals surface area (Å²) in [5.41, 5.74) is 1.17. The fourth-order valence-electron chi connectivity index (χ4n) is 2.16. The Morgan fingerprint density at radius 1 is 1.14 bits per heavy atom. The number of carbonyl (C=O) groups is 2. The molecule has 22 heavy (non-hydrogen) atoms. The maximum Gasteiger partial charge on any atom is 0.338 e. The molecule has 0 bridgehead atoms. The fourth-order valence-corrected chi connectivity index (χ4v) is 2.87. The summed E-state index contributed by atoms with van der Waals surface area (Å²) in [4.78, 5) is 23.8. The van der Waals surface area contributed by atoms with Crippen molar-refractivity contribution in [3.63, 3.8) is 0 Å². The molecule has 2 rings (SSSR count). The van der Waals surface area contributed by atoms with Gasteiger partial charge in [-0.25, -0.2) is 9.59 Å². The molecule has 1 aliphatic rings. The first-order valence-electron chi connectivity index (χ1n) is 7.31. The highest BCUT2D eigenvalue weighted by atomic mass is 32.1. The molecule has 122 valence electrons. The molecule has 2 atom stereocenters. The van der Waals surface area contributed by atoms with E-state index in [9.17, 15) is 9.59 Å². The van der Waals surface area contributed by atoms with Gasteiger partial charge in [0.25, 0.3) is 0 Å². The summed E-state index contributed by atoms with van der Waals surface area (Å²) in [6, 6.07) is 2.02. The molecule has 0 aromatic carbocycles. The zero-order valence-electron chi connectivity index (χ0n) is 12.7. The van der Waals surface area contributed by atoms with Crippen molar-refractivity contribution in [1.29, 1.82) is 0 Å². The largest absolute Gasteiger partial charge is 0.464 e. The lowest BCUT2D eigenvalue weighted by atomic mass is 10.2. The van der Waals surface area contributed by atoms with E-state index in [0.29, 0.717) is 6.42 Å². The maximum atomic E-state index is 11.9. The minimum atomic E-state index is -1.06. The van der Waals surface area contributed by atoms with Crippen molar-refractivity contribution in [2.24, 2.45) is 0 Å². The molecule has 0 radical (unpaired) electrons. The van der Waals surface area contributed by atoms with Gasteiger partial charge in [0, 0.05) is 6.42 Å². The monoisotopic (exact) mass is 328 g/mol. The topological polar surface area (TPSA) is 71.1 Å². The minimum absolute atomic E-state index is 0.216. The van der Waals surface area contributed by atoms with E-state index in [1.165, 1.54) is 5.56 Å². The van der Waals surface area contributed by atoms with Gasteiger partial charge < -0.3 is 18.9 Å². The van der Waals surface area contributed by atoms with E-state index in [2.05, 4.69) is 0 Å². The molecule has 1 aliphatic heterocycles. The van der Waals surface area contributed by atoms with E-state index in [1.807, 2.05) is 16.8 Å². The number of esters is 2. The van der Waals surface area contributed by atoms with Crippen LogP contribution < -0.4 is 0 Å². The van der Waals surface area contributed by atoms with Crippen molar-refractivity contribution in [1.82, 2.24) is 0 Å². The normalized spacial score (nSPS) is 21.7. The van der Waals surface area contributed by atoms with Crippen LogP contribution in [0.4, 0.5) is 0 Å². The van der Waals surface area contributed by atoms with Crippen LogP contribution in [0.3, 0.4) is 0 Å². The Bertz CT molecular complexity index is 460. The van der Waals surface area contributed by atoms with Crippen LogP contribution in [-0.4, -0.2) is 43.7 Å². The predicted octanol–water partition coefficient (Wildman–Crippen LogP) is 1.92. The van der Waals surface area contributed by atoms with Crippen molar-refractivity contribution in [3.8, 4) is 0 Å². The molecule has 0 unspecified atom stereocenters. The molecule has 1 aromatic heterocycles. The van der Waals surface area contributed by atoms with Gasteiger partial charge in [-0.1, -0.05) is 0 Å². The fraction of sp³-hybridized carbons (Fsp3) is 0.600.